The molecule has 5 heteroatoms. The monoisotopic (exact) mass is 294 g/mol. The van der Waals surface area contributed by atoms with Gasteiger partial charge in [-0.15, -0.1) is 0 Å². The van der Waals surface area contributed by atoms with E-state index in [1.807, 2.05) is 0 Å². The van der Waals surface area contributed by atoms with Gasteiger partial charge in [-0.25, -0.2) is 0 Å². The minimum atomic E-state index is -0.758. The van der Waals surface area contributed by atoms with Crippen molar-refractivity contribution < 1.29 is 24.2 Å². The molecule has 116 valence electrons. The highest BCUT2D eigenvalue weighted by atomic mass is 16.5. The van der Waals surface area contributed by atoms with Crippen LogP contribution in [0.2, 0.25) is 0 Å². The zero-order chi connectivity index (χ0) is 15.7. The lowest BCUT2D eigenvalue weighted by Gasteiger charge is -2.12. The highest BCUT2D eigenvalue weighted by Crippen LogP contribution is 2.19. The van der Waals surface area contributed by atoms with Crippen LogP contribution in [0.5, 0.6) is 11.5 Å². The van der Waals surface area contributed by atoms with E-state index in [1.165, 1.54) is 6.92 Å². The van der Waals surface area contributed by atoms with E-state index in [0.717, 1.165) is 18.6 Å². The first-order chi connectivity index (χ1) is 9.99. The molecule has 0 amide bonds. The van der Waals surface area contributed by atoms with Gasteiger partial charge in [0.05, 0.1) is 6.61 Å². The second-order valence-electron chi connectivity index (χ2n) is 4.89. The van der Waals surface area contributed by atoms with E-state index < -0.39 is 12.1 Å². The van der Waals surface area contributed by atoms with E-state index in [-0.39, 0.29) is 12.2 Å². The van der Waals surface area contributed by atoms with Crippen LogP contribution in [0.25, 0.3) is 0 Å². The summed E-state index contributed by atoms with van der Waals surface area (Å²) >= 11 is 0. The van der Waals surface area contributed by atoms with Crippen molar-refractivity contribution >= 4 is 11.8 Å². The molecular formula is C16H22O5. The third-order valence-electron chi connectivity index (χ3n) is 3.01. The molecule has 0 fully saturated rings. The Morgan fingerprint density at radius 1 is 1.10 bits per heavy atom. The van der Waals surface area contributed by atoms with E-state index in [4.69, 9.17) is 14.6 Å². The summed E-state index contributed by atoms with van der Waals surface area (Å²) < 4.78 is 11.0. The van der Waals surface area contributed by atoms with Crippen molar-refractivity contribution in [2.75, 3.05) is 6.61 Å². The van der Waals surface area contributed by atoms with Gasteiger partial charge < -0.3 is 14.6 Å². The Balaban J connectivity index is 2.25. The second kappa shape index (κ2) is 9.00. The fourth-order valence-electron chi connectivity index (χ4n) is 1.65. The molecule has 1 atom stereocenters. The van der Waals surface area contributed by atoms with Crippen LogP contribution in [0.3, 0.4) is 0 Å². The normalized spacial score (nSPS) is 11.7. The first kappa shape index (κ1) is 17.0. The summed E-state index contributed by atoms with van der Waals surface area (Å²) in [6.07, 6.45) is 2.09. The summed E-state index contributed by atoms with van der Waals surface area (Å²) in [5.41, 5.74) is 0. The zero-order valence-corrected chi connectivity index (χ0v) is 12.5. The summed E-state index contributed by atoms with van der Waals surface area (Å²) in [7, 11) is 0. The molecule has 1 rings (SSSR count). The average Bonchev–Trinajstić information content (AvgIpc) is 2.44. The lowest BCUT2D eigenvalue weighted by Crippen LogP contribution is -2.20. The molecule has 0 radical (unpaired) electrons. The Morgan fingerprint density at radius 2 is 1.71 bits per heavy atom. The number of carbonyl (C=O) groups is 2. The van der Waals surface area contributed by atoms with Gasteiger partial charge in [0, 0.05) is 6.42 Å². The van der Waals surface area contributed by atoms with E-state index in [1.54, 1.807) is 31.2 Å². The van der Waals surface area contributed by atoms with Crippen molar-refractivity contribution in [3.63, 3.8) is 0 Å². The Hall–Kier alpha value is -2.04. The number of ether oxygens (including phenoxy) is 2. The first-order valence-electron chi connectivity index (χ1n) is 7.11. The molecule has 0 spiro atoms. The Labute approximate surface area is 124 Å². The predicted molar refractivity (Wildman–Crippen MR) is 78.8 cm³/mol. The van der Waals surface area contributed by atoms with E-state index in [2.05, 4.69) is 0 Å². The number of benzene rings is 1. The Morgan fingerprint density at radius 3 is 2.29 bits per heavy atom. The third-order valence-corrected chi connectivity index (χ3v) is 3.01. The molecule has 0 aliphatic heterocycles. The van der Waals surface area contributed by atoms with Crippen molar-refractivity contribution in [2.45, 2.75) is 45.6 Å². The number of rotatable bonds is 10. The molecule has 5 nitrogen and oxygen atoms in total. The van der Waals surface area contributed by atoms with Crippen LogP contribution in [0.4, 0.5) is 0 Å². The number of unbranched alkanes of at least 4 members (excludes halogenated alkanes) is 2. The molecule has 1 N–H and O–H groups in total. The minimum Gasteiger partial charge on any atom is -0.494 e. The summed E-state index contributed by atoms with van der Waals surface area (Å²) in [4.78, 5) is 21.4. The molecule has 1 unspecified atom stereocenters. The van der Waals surface area contributed by atoms with Crippen LogP contribution >= 0.6 is 0 Å². The summed E-state index contributed by atoms with van der Waals surface area (Å²) in [6, 6.07) is 7.11. The van der Waals surface area contributed by atoms with Gasteiger partial charge in [-0.1, -0.05) is 0 Å². The van der Waals surface area contributed by atoms with Gasteiger partial charge in [-0.2, -0.15) is 0 Å². The van der Waals surface area contributed by atoms with Gasteiger partial charge >= 0.3 is 5.97 Å². The number of carbonyl (C=O) groups excluding carboxylic acids is 1. The van der Waals surface area contributed by atoms with E-state index >= 15 is 0 Å². The molecule has 0 saturated carbocycles. The van der Waals surface area contributed by atoms with Gasteiger partial charge in [-0.05, 0) is 57.4 Å². The largest absolute Gasteiger partial charge is 0.494 e. The molecule has 0 aliphatic carbocycles. The average molecular weight is 294 g/mol. The second-order valence-corrected chi connectivity index (χ2v) is 4.89. The van der Waals surface area contributed by atoms with Gasteiger partial charge in [0.25, 0.3) is 0 Å². The number of carboxylic acids is 1. The molecule has 0 aliphatic rings. The molecule has 0 aromatic heterocycles. The molecule has 1 aromatic carbocycles. The molecule has 0 bridgehead atoms. The summed E-state index contributed by atoms with van der Waals surface area (Å²) in [5, 5.41) is 8.51. The van der Waals surface area contributed by atoms with Crippen molar-refractivity contribution in [3.8, 4) is 11.5 Å². The fraction of sp³-hybridized carbons (Fsp3) is 0.500. The van der Waals surface area contributed by atoms with Gasteiger partial charge in [-0.3, -0.25) is 9.59 Å². The van der Waals surface area contributed by atoms with Crippen LogP contribution in [0, 0.1) is 0 Å². The number of Topliss-reactive ketones (excluding diaryl/α,β-unsaturated/α-hetero) is 1. The third kappa shape index (κ3) is 7.34. The Bertz CT molecular complexity index is 452. The van der Waals surface area contributed by atoms with Crippen LogP contribution in [-0.4, -0.2) is 29.6 Å². The molecule has 0 saturated heterocycles. The summed E-state index contributed by atoms with van der Waals surface area (Å²) in [5.74, 6) is 0.588. The number of carboxylic acid groups (broad SMARTS) is 1. The standard InChI is InChI=1S/C16H22O5/c1-12(17)13(2)21-15-9-7-14(8-10-15)20-11-5-3-4-6-16(18)19/h7-10,13H,3-6,11H2,1-2H3,(H,18,19). The smallest absolute Gasteiger partial charge is 0.303 e. The SMILES string of the molecule is CC(=O)C(C)Oc1ccc(OCCCCCC(=O)O)cc1. The highest BCUT2D eigenvalue weighted by Gasteiger charge is 2.08. The molecule has 0 heterocycles. The van der Waals surface area contributed by atoms with Crippen LogP contribution < -0.4 is 9.47 Å². The predicted octanol–water partition coefficient (Wildman–Crippen LogP) is 3.07. The van der Waals surface area contributed by atoms with Crippen molar-refractivity contribution in [1.82, 2.24) is 0 Å². The van der Waals surface area contributed by atoms with Gasteiger partial charge in [0.2, 0.25) is 0 Å². The van der Waals surface area contributed by atoms with Crippen LogP contribution in [0.1, 0.15) is 39.5 Å². The maximum Gasteiger partial charge on any atom is 0.303 e. The van der Waals surface area contributed by atoms with Crippen molar-refractivity contribution in [1.29, 1.82) is 0 Å². The maximum absolute atomic E-state index is 11.1. The molecule has 1 aromatic rings. The molecule has 21 heavy (non-hydrogen) atoms. The van der Waals surface area contributed by atoms with E-state index in [9.17, 15) is 9.59 Å². The van der Waals surface area contributed by atoms with Crippen LogP contribution in [0.15, 0.2) is 24.3 Å². The van der Waals surface area contributed by atoms with Crippen molar-refractivity contribution in [3.05, 3.63) is 24.3 Å². The topological polar surface area (TPSA) is 72.8 Å². The number of ketones is 1. The van der Waals surface area contributed by atoms with Gasteiger partial charge in [0.15, 0.2) is 11.9 Å². The quantitative estimate of drug-likeness (QED) is 0.671. The van der Waals surface area contributed by atoms with E-state index in [0.29, 0.717) is 18.8 Å². The Kier molecular flexibility index (Phi) is 7.29. The fourth-order valence-corrected chi connectivity index (χ4v) is 1.65. The first-order valence-corrected chi connectivity index (χ1v) is 7.11. The molecular weight excluding hydrogens is 272 g/mol. The number of aliphatic carboxylic acids is 1. The number of hydrogen-bond donors (Lipinski definition) is 1. The van der Waals surface area contributed by atoms with Gasteiger partial charge in [0.1, 0.15) is 11.5 Å². The maximum atomic E-state index is 11.1. The minimum absolute atomic E-state index is 0.0170. The van der Waals surface area contributed by atoms with Crippen molar-refractivity contribution in [2.24, 2.45) is 0 Å². The zero-order valence-electron chi connectivity index (χ0n) is 12.5. The van der Waals surface area contributed by atoms with Crippen LogP contribution in [-0.2, 0) is 9.59 Å². The summed E-state index contributed by atoms with van der Waals surface area (Å²) in [6.45, 7) is 3.76. The number of hydrogen-bond acceptors (Lipinski definition) is 4. The lowest BCUT2D eigenvalue weighted by atomic mass is 10.2. The lowest BCUT2D eigenvalue weighted by molar-refractivity contribution is -0.137. The highest BCUT2D eigenvalue weighted by molar-refractivity contribution is 5.80.